The minimum absolute atomic E-state index is 0.857. The van der Waals surface area contributed by atoms with Gasteiger partial charge in [0, 0.05) is 24.9 Å². The molecule has 1 aliphatic heterocycles. The highest BCUT2D eigenvalue weighted by Crippen LogP contribution is 2.13. The van der Waals surface area contributed by atoms with E-state index in [0.717, 1.165) is 12.0 Å². The van der Waals surface area contributed by atoms with Crippen LogP contribution < -0.4 is 0 Å². The molecule has 0 amide bonds. The van der Waals surface area contributed by atoms with E-state index < -0.39 is 10.8 Å². The van der Waals surface area contributed by atoms with Gasteiger partial charge in [0.05, 0.1) is 10.8 Å². The predicted molar refractivity (Wildman–Crippen MR) is 52.8 cm³/mol. The Hall–Kier alpha value is -0.830. The molecule has 0 aromatic heterocycles. The van der Waals surface area contributed by atoms with Gasteiger partial charge >= 0.3 is 0 Å². The van der Waals surface area contributed by atoms with E-state index in [2.05, 4.69) is 6.08 Å². The second kappa shape index (κ2) is 4.26. The number of hydrogen-bond donors (Lipinski definition) is 0. The highest BCUT2D eigenvalue weighted by atomic mass is 32.2. The summed E-state index contributed by atoms with van der Waals surface area (Å²) in [5, 5.41) is 3.48. The first-order chi connectivity index (χ1) is 5.68. The molecule has 0 N–H and O–H groups in total. The molecule has 1 atom stereocenters. The minimum atomic E-state index is -0.857. The van der Waals surface area contributed by atoms with Crippen LogP contribution in [0.2, 0.25) is 0 Å². The lowest BCUT2D eigenvalue weighted by Crippen LogP contribution is -1.99. The molecule has 0 fully saturated rings. The van der Waals surface area contributed by atoms with Crippen LogP contribution in [0.4, 0.5) is 0 Å². The summed E-state index contributed by atoms with van der Waals surface area (Å²) in [6.07, 6.45) is 6.82. The SMILES string of the molecule is CN(C)/C=C/CC1=CS(=O)C=C1. The summed E-state index contributed by atoms with van der Waals surface area (Å²) in [5.74, 6) is 0. The van der Waals surface area contributed by atoms with Crippen LogP contribution in [0.15, 0.2) is 34.7 Å². The van der Waals surface area contributed by atoms with Crippen LogP contribution >= 0.6 is 0 Å². The van der Waals surface area contributed by atoms with Gasteiger partial charge in [0.15, 0.2) is 0 Å². The van der Waals surface area contributed by atoms with Crippen LogP contribution in [0.5, 0.6) is 0 Å². The van der Waals surface area contributed by atoms with Gasteiger partial charge in [0.1, 0.15) is 0 Å². The Morgan fingerprint density at radius 1 is 1.58 bits per heavy atom. The highest BCUT2D eigenvalue weighted by molar-refractivity contribution is 7.91. The van der Waals surface area contributed by atoms with E-state index in [0.29, 0.717) is 0 Å². The fraction of sp³-hybridized carbons (Fsp3) is 0.333. The Kier molecular flexibility index (Phi) is 3.29. The average Bonchev–Trinajstić information content (AvgIpc) is 2.35. The van der Waals surface area contributed by atoms with Gasteiger partial charge in [0.25, 0.3) is 0 Å². The summed E-state index contributed by atoms with van der Waals surface area (Å²) >= 11 is 0. The van der Waals surface area contributed by atoms with Crippen molar-refractivity contribution in [2.75, 3.05) is 14.1 Å². The molecule has 0 aromatic rings. The molecule has 12 heavy (non-hydrogen) atoms. The summed E-state index contributed by atoms with van der Waals surface area (Å²) in [7, 11) is 3.10. The fourth-order valence-corrected chi connectivity index (χ4v) is 1.76. The van der Waals surface area contributed by atoms with Crippen molar-refractivity contribution < 1.29 is 4.21 Å². The molecule has 66 valence electrons. The van der Waals surface area contributed by atoms with Gasteiger partial charge in [-0.3, -0.25) is 4.21 Å². The number of allylic oxidation sites excluding steroid dienone is 3. The first-order valence-electron chi connectivity index (χ1n) is 3.80. The molecule has 0 saturated carbocycles. The monoisotopic (exact) mass is 183 g/mol. The molecular weight excluding hydrogens is 170 g/mol. The number of nitrogens with zero attached hydrogens (tertiary/aromatic N) is 1. The molecule has 0 bridgehead atoms. The standard InChI is InChI=1S/C9H13NOS/c1-10(2)6-3-4-9-5-7-12(11)8-9/h3,5-8H,4H2,1-2H3/b6-3+. The van der Waals surface area contributed by atoms with E-state index >= 15 is 0 Å². The van der Waals surface area contributed by atoms with E-state index in [-0.39, 0.29) is 0 Å². The topological polar surface area (TPSA) is 20.3 Å². The maximum absolute atomic E-state index is 10.9. The van der Waals surface area contributed by atoms with Crippen LogP contribution in [0.1, 0.15) is 6.42 Å². The molecule has 0 saturated heterocycles. The lowest BCUT2D eigenvalue weighted by Gasteiger charge is -2.02. The first-order valence-corrected chi connectivity index (χ1v) is 5.07. The van der Waals surface area contributed by atoms with Gasteiger partial charge in [-0.25, -0.2) is 0 Å². The van der Waals surface area contributed by atoms with Crippen molar-refractivity contribution in [2.45, 2.75) is 6.42 Å². The van der Waals surface area contributed by atoms with Crippen molar-refractivity contribution in [1.82, 2.24) is 4.90 Å². The van der Waals surface area contributed by atoms with Crippen molar-refractivity contribution >= 4 is 10.8 Å². The van der Waals surface area contributed by atoms with Gasteiger partial charge < -0.3 is 4.90 Å². The Balaban J connectivity index is 2.39. The summed E-state index contributed by atoms with van der Waals surface area (Å²) < 4.78 is 10.9. The van der Waals surface area contributed by atoms with Gasteiger partial charge in [-0.2, -0.15) is 0 Å². The zero-order chi connectivity index (χ0) is 8.97. The Bertz CT molecular complexity index is 264. The van der Waals surface area contributed by atoms with Crippen molar-refractivity contribution in [3.05, 3.63) is 34.7 Å². The van der Waals surface area contributed by atoms with Crippen molar-refractivity contribution in [2.24, 2.45) is 0 Å². The molecule has 1 heterocycles. The zero-order valence-corrected chi connectivity index (χ0v) is 8.17. The molecule has 2 nitrogen and oxygen atoms in total. The molecule has 1 rings (SSSR count). The largest absolute Gasteiger partial charge is 0.384 e. The molecule has 0 aromatic carbocycles. The highest BCUT2D eigenvalue weighted by Gasteiger charge is 2.00. The average molecular weight is 183 g/mol. The van der Waals surface area contributed by atoms with Crippen molar-refractivity contribution in [3.8, 4) is 0 Å². The maximum Gasteiger partial charge on any atom is 0.0705 e. The van der Waals surface area contributed by atoms with Crippen LogP contribution in [-0.2, 0) is 10.8 Å². The molecule has 1 aliphatic rings. The summed E-state index contributed by atoms with van der Waals surface area (Å²) in [6, 6.07) is 0. The summed E-state index contributed by atoms with van der Waals surface area (Å²) in [5.41, 5.74) is 1.13. The Labute approximate surface area is 75.7 Å². The predicted octanol–water partition coefficient (Wildman–Crippen LogP) is 1.61. The van der Waals surface area contributed by atoms with E-state index in [4.69, 9.17) is 0 Å². The molecule has 1 unspecified atom stereocenters. The third-order valence-corrected chi connectivity index (χ3v) is 2.38. The lowest BCUT2D eigenvalue weighted by atomic mass is 10.2. The van der Waals surface area contributed by atoms with Crippen LogP contribution in [-0.4, -0.2) is 23.2 Å². The van der Waals surface area contributed by atoms with Crippen molar-refractivity contribution in [1.29, 1.82) is 0 Å². The molecule has 0 spiro atoms. The number of rotatable bonds is 3. The van der Waals surface area contributed by atoms with Crippen molar-refractivity contribution in [3.63, 3.8) is 0 Å². The van der Waals surface area contributed by atoms with E-state index in [1.165, 1.54) is 0 Å². The normalized spacial score (nSPS) is 21.8. The molecular formula is C9H13NOS. The number of hydrogen-bond acceptors (Lipinski definition) is 2. The molecule has 3 heteroatoms. The third-order valence-electron chi connectivity index (χ3n) is 1.44. The van der Waals surface area contributed by atoms with Gasteiger partial charge in [-0.05, 0) is 24.3 Å². The Morgan fingerprint density at radius 3 is 2.83 bits per heavy atom. The second-order valence-corrected chi connectivity index (χ2v) is 4.04. The van der Waals surface area contributed by atoms with Gasteiger partial charge in [0.2, 0.25) is 0 Å². The van der Waals surface area contributed by atoms with E-state index in [1.54, 1.807) is 10.8 Å². The van der Waals surface area contributed by atoms with Gasteiger partial charge in [-0.1, -0.05) is 6.08 Å². The van der Waals surface area contributed by atoms with Crippen LogP contribution in [0.25, 0.3) is 0 Å². The molecule has 0 radical (unpaired) electrons. The zero-order valence-electron chi connectivity index (χ0n) is 7.36. The fourth-order valence-electron chi connectivity index (χ4n) is 0.898. The summed E-state index contributed by atoms with van der Waals surface area (Å²) in [6.45, 7) is 0. The third kappa shape index (κ3) is 3.05. The maximum atomic E-state index is 10.9. The second-order valence-electron chi connectivity index (χ2n) is 2.88. The van der Waals surface area contributed by atoms with Crippen LogP contribution in [0, 0.1) is 0 Å². The Morgan fingerprint density at radius 2 is 2.33 bits per heavy atom. The van der Waals surface area contributed by atoms with Crippen LogP contribution in [0.3, 0.4) is 0 Å². The quantitative estimate of drug-likeness (QED) is 0.662. The molecule has 0 aliphatic carbocycles. The van der Waals surface area contributed by atoms with E-state index in [1.807, 2.05) is 31.3 Å². The minimum Gasteiger partial charge on any atom is -0.384 e. The smallest absolute Gasteiger partial charge is 0.0705 e. The van der Waals surface area contributed by atoms with E-state index in [9.17, 15) is 4.21 Å². The first kappa shape index (κ1) is 9.26. The van der Waals surface area contributed by atoms with Gasteiger partial charge in [-0.15, -0.1) is 0 Å². The lowest BCUT2D eigenvalue weighted by molar-refractivity contribution is 0.562. The summed E-state index contributed by atoms with van der Waals surface area (Å²) in [4.78, 5) is 1.98.